The summed E-state index contributed by atoms with van der Waals surface area (Å²) in [4.78, 5) is 7.47. The lowest BCUT2D eigenvalue weighted by molar-refractivity contribution is 0.203. The van der Waals surface area contributed by atoms with Crippen LogP contribution in [0.15, 0.2) is 34.2 Å². The minimum atomic E-state index is -3.17. The molecule has 1 aromatic rings. The molecule has 0 aromatic heterocycles. The topological polar surface area (TPSA) is 71.0 Å². The summed E-state index contributed by atoms with van der Waals surface area (Å²) in [7, 11) is -3.17. The van der Waals surface area contributed by atoms with Gasteiger partial charge in [-0.05, 0) is 55.9 Å². The van der Waals surface area contributed by atoms with E-state index in [4.69, 9.17) is 9.73 Å². The zero-order valence-electron chi connectivity index (χ0n) is 17.1. The van der Waals surface area contributed by atoms with Gasteiger partial charge in [-0.15, -0.1) is 0 Å². The van der Waals surface area contributed by atoms with Gasteiger partial charge < -0.3 is 15.0 Å². The molecule has 1 aromatic carbocycles. The standard InChI is InChI=1S/C21H33N3O3S/c1-3-22-20(24-15-13-21(17-24)11-5-4-6-12-21)23-14-16-27-18-7-9-19(10-8-18)28(2,25)26/h7-10H,3-6,11-17H2,1-2H3,(H,22,23). The average molecular weight is 408 g/mol. The van der Waals surface area contributed by atoms with Crippen molar-refractivity contribution in [3.05, 3.63) is 24.3 Å². The maximum atomic E-state index is 11.5. The lowest BCUT2D eigenvalue weighted by atomic mass is 9.73. The summed E-state index contributed by atoms with van der Waals surface area (Å²) in [6, 6.07) is 6.54. The molecule has 0 amide bonds. The number of rotatable bonds is 6. The third-order valence-corrected chi connectivity index (χ3v) is 6.99. The van der Waals surface area contributed by atoms with Crippen LogP contribution < -0.4 is 10.1 Å². The van der Waals surface area contributed by atoms with Crippen LogP contribution in [0, 0.1) is 5.41 Å². The summed E-state index contributed by atoms with van der Waals surface area (Å²) in [5, 5.41) is 3.42. The molecule has 2 fully saturated rings. The second-order valence-corrected chi connectivity index (χ2v) is 10.1. The van der Waals surface area contributed by atoms with Crippen LogP contribution >= 0.6 is 0 Å². The fourth-order valence-corrected chi connectivity index (χ4v) is 4.98. The van der Waals surface area contributed by atoms with Gasteiger partial charge in [0.2, 0.25) is 0 Å². The largest absolute Gasteiger partial charge is 0.492 e. The van der Waals surface area contributed by atoms with E-state index in [0.717, 1.165) is 25.6 Å². The summed E-state index contributed by atoms with van der Waals surface area (Å²) in [5.74, 6) is 1.65. The molecular weight excluding hydrogens is 374 g/mol. The molecule has 28 heavy (non-hydrogen) atoms. The monoisotopic (exact) mass is 407 g/mol. The van der Waals surface area contributed by atoms with Gasteiger partial charge in [0.25, 0.3) is 0 Å². The van der Waals surface area contributed by atoms with Gasteiger partial charge in [0.15, 0.2) is 15.8 Å². The number of guanidine groups is 1. The lowest BCUT2D eigenvalue weighted by Crippen LogP contribution is -2.41. The highest BCUT2D eigenvalue weighted by Gasteiger charge is 2.39. The first-order valence-electron chi connectivity index (χ1n) is 10.4. The highest BCUT2D eigenvalue weighted by Crippen LogP contribution is 2.43. The van der Waals surface area contributed by atoms with E-state index < -0.39 is 9.84 Å². The molecular formula is C21H33N3O3S. The number of hydrogen-bond donors (Lipinski definition) is 1. The number of nitrogens with zero attached hydrogens (tertiary/aromatic N) is 2. The van der Waals surface area contributed by atoms with Crippen LogP contribution in [0.3, 0.4) is 0 Å². The van der Waals surface area contributed by atoms with Crippen LogP contribution in [-0.4, -0.2) is 58.3 Å². The van der Waals surface area contributed by atoms with Crippen LogP contribution in [0.4, 0.5) is 0 Å². The van der Waals surface area contributed by atoms with Crippen LogP contribution in [0.1, 0.15) is 45.4 Å². The van der Waals surface area contributed by atoms with Crippen molar-refractivity contribution < 1.29 is 13.2 Å². The number of hydrogen-bond acceptors (Lipinski definition) is 4. The molecule has 7 heteroatoms. The number of ether oxygens (including phenoxy) is 1. The molecule has 0 atom stereocenters. The minimum Gasteiger partial charge on any atom is -0.492 e. The fraction of sp³-hybridized carbons (Fsp3) is 0.667. The molecule has 0 bridgehead atoms. The minimum absolute atomic E-state index is 0.304. The van der Waals surface area contributed by atoms with E-state index in [1.165, 1.54) is 44.8 Å². The van der Waals surface area contributed by atoms with Crippen molar-refractivity contribution >= 4 is 15.8 Å². The predicted octanol–water partition coefficient (Wildman–Crippen LogP) is 3.09. The van der Waals surface area contributed by atoms with Crippen LogP contribution in [0.5, 0.6) is 5.75 Å². The van der Waals surface area contributed by atoms with E-state index in [0.29, 0.717) is 29.2 Å². The van der Waals surface area contributed by atoms with Crippen molar-refractivity contribution in [2.45, 2.75) is 50.3 Å². The summed E-state index contributed by atoms with van der Waals surface area (Å²) in [5.41, 5.74) is 0.506. The van der Waals surface area contributed by atoms with Gasteiger partial charge in [-0.2, -0.15) is 0 Å². The lowest BCUT2D eigenvalue weighted by Gasteiger charge is -2.33. The molecule has 1 N–H and O–H groups in total. The Labute approximate surface area is 169 Å². The SMILES string of the molecule is CCNC(=NCCOc1ccc(S(C)(=O)=O)cc1)N1CCC2(CCCCC2)C1. The average Bonchev–Trinajstić information content (AvgIpc) is 3.07. The Morgan fingerprint density at radius 3 is 2.54 bits per heavy atom. The summed E-state index contributed by atoms with van der Waals surface area (Å²) >= 11 is 0. The van der Waals surface area contributed by atoms with Gasteiger partial charge in [-0.1, -0.05) is 19.3 Å². The van der Waals surface area contributed by atoms with Gasteiger partial charge in [0, 0.05) is 25.9 Å². The number of likely N-dealkylation sites (tertiary alicyclic amines) is 1. The number of aliphatic imine (C=N–C) groups is 1. The van der Waals surface area contributed by atoms with E-state index in [9.17, 15) is 8.42 Å². The normalized spacial score (nSPS) is 19.8. The van der Waals surface area contributed by atoms with Crippen LogP contribution in [-0.2, 0) is 9.84 Å². The highest BCUT2D eigenvalue weighted by atomic mass is 32.2. The molecule has 2 aliphatic rings. The maximum Gasteiger partial charge on any atom is 0.194 e. The van der Waals surface area contributed by atoms with Crippen molar-refractivity contribution in [2.75, 3.05) is 39.0 Å². The van der Waals surface area contributed by atoms with E-state index in [-0.39, 0.29) is 0 Å². The second kappa shape index (κ2) is 9.16. The van der Waals surface area contributed by atoms with Gasteiger partial charge in [0.1, 0.15) is 12.4 Å². The molecule has 1 saturated carbocycles. The van der Waals surface area contributed by atoms with Crippen molar-refractivity contribution in [1.29, 1.82) is 0 Å². The molecule has 1 heterocycles. The molecule has 1 aliphatic carbocycles. The summed E-state index contributed by atoms with van der Waals surface area (Å²) in [6.07, 6.45) is 9.32. The van der Waals surface area contributed by atoms with Crippen molar-refractivity contribution in [2.24, 2.45) is 10.4 Å². The van der Waals surface area contributed by atoms with Crippen LogP contribution in [0.2, 0.25) is 0 Å². The molecule has 0 unspecified atom stereocenters. The Bertz CT molecular complexity index is 769. The van der Waals surface area contributed by atoms with Gasteiger partial charge >= 0.3 is 0 Å². The third kappa shape index (κ3) is 5.40. The van der Waals surface area contributed by atoms with Crippen LogP contribution in [0.25, 0.3) is 0 Å². The molecule has 1 aliphatic heterocycles. The smallest absolute Gasteiger partial charge is 0.194 e. The Hall–Kier alpha value is -1.76. The number of sulfone groups is 1. The first-order valence-corrected chi connectivity index (χ1v) is 12.3. The van der Waals surface area contributed by atoms with Crippen molar-refractivity contribution in [3.63, 3.8) is 0 Å². The van der Waals surface area contributed by atoms with E-state index in [1.807, 2.05) is 0 Å². The van der Waals surface area contributed by atoms with Crippen molar-refractivity contribution in [1.82, 2.24) is 10.2 Å². The number of benzene rings is 1. The molecule has 1 saturated heterocycles. The zero-order valence-corrected chi connectivity index (χ0v) is 17.9. The molecule has 156 valence electrons. The second-order valence-electron chi connectivity index (χ2n) is 8.06. The van der Waals surface area contributed by atoms with Gasteiger partial charge in [-0.25, -0.2) is 13.4 Å². The van der Waals surface area contributed by atoms with Gasteiger partial charge in [0.05, 0.1) is 11.4 Å². The quantitative estimate of drug-likeness (QED) is 0.446. The molecule has 1 spiro atoms. The van der Waals surface area contributed by atoms with Gasteiger partial charge in [-0.3, -0.25) is 0 Å². The fourth-order valence-electron chi connectivity index (χ4n) is 4.35. The Morgan fingerprint density at radius 1 is 1.18 bits per heavy atom. The third-order valence-electron chi connectivity index (χ3n) is 5.86. The molecule has 6 nitrogen and oxygen atoms in total. The number of nitrogens with one attached hydrogen (secondary N) is 1. The first-order chi connectivity index (χ1) is 13.4. The van der Waals surface area contributed by atoms with E-state index in [1.54, 1.807) is 24.3 Å². The molecule has 0 radical (unpaired) electrons. The zero-order chi connectivity index (χ0) is 20.0. The van der Waals surface area contributed by atoms with E-state index >= 15 is 0 Å². The van der Waals surface area contributed by atoms with Crippen molar-refractivity contribution in [3.8, 4) is 5.75 Å². The predicted molar refractivity (Wildman–Crippen MR) is 113 cm³/mol. The molecule has 3 rings (SSSR count). The first kappa shape index (κ1) is 21.0. The summed E-state index contributed by atoms with van der Waals surface area (Å²) < 4.78 is 28.7. The maximum absolute atomic E-state index is 11.5. The highest BCUT2D eigenvalue weighted by molar-refractivity contribution is 7.90. The Morgan fingerprint density at radius 2 is 1.89 bits per heavy atom. The van der Waals surface area contributed by atoms with E-state index in [2.05, 4.69) is 17.1 Å². The Kier molecular flexibility index (Phi) is 6.86. The Balaban J connectivity index is 1.52. The summed E-state index contributed by atoms with van der Waals surface area (Å²) in [6.45, 7) is 6.19.